The number of carbonyl (C=O) groups excluding carboxylic acids is 1. The highest BCUT2D eigenvalue weighted by atomic mass is 16.6. The van der Waals surface area contributed by atoms with E-state index in [1.807, 2.05) is 142 Å². The fraction of sp³-hybridized carbons (Fsp3) is 0.712. The van der Waals surface area contributed by atoms with E-state index in [-0.39, 0.29) is 11.9 Å². The van der Waals surface area contributed by atoms with E-state index in [9.17, 15) is 4.79 Å². The zero-order chi connectivity index (χ0) is 103. The van der Waals surface area contributed by atoms with E-state index >= 15 is 0 Å². The van der Waals surface area contributed by atoms with Crippen LogP contribution in [0.4, 0.5) is 0 Å². The average molecular weight is 1770 g/mol. The monoisotopic (exact) mass is 1770 g/mol. The fourth-order valence-electron chi connectivity index (χ4n) is 8.17. The lowest BCUT2D eigenvalue weighted by atomic mass is 9.90. The minimum atomic E-state index is -0.288. The van der Waals surface area contributed by atoms with Crippen molar-refractivity contribution >= 4 is 5.97 Å². The first kappa shape index (κ1) is 148. The summed E-state index contributed by atoms with van der Waals surface area (Å²) < 4.78 is 9.34. The van der Waals surface area contributed by atoms with Gasteiger partial charge in [0.25, 0.3) is 0 Å². The Balaban J connectivity index is -0.0000000989. The second-order valence-corrected chi connectivity index (χ2v) is 40.0. The third kappa shape index (κ3) is 145. The van der Waals surface area contributed by atoms with Gasteiger partial charge >= 0.3 is 5.97 Å². The van der Waals surface area contributed by atoms with Gasteiger partial charge in [0.05, 0.1) is 50.2 Å². The highest BCUT2D eigenvalue weighted by Crippen LogP contribution is 2.32. The Hall–Kier alpha value is -6.98. The maximum atomic E-state index is 10.4. The van der Waals surface area contributed by atoms with Crippen molar-refractivity contribution in [3.05, 3.63) is 154 Å². The quantitative estimate of drug-likeness (QED) is 0.0288. The molecule has 0 bridgehead atoms. The van der Waals surface area contributed by atoms with Crippen LogP contribution in [0.5, 0.6) is 0 Å². The number of terminal acetylenes is 1. The molecule has 1 saturated heterocycles. The zero-order valence-corrected chi connectivity index (χ0v) is 93.6. The number of rotatable bonds is 20. The van der Waals surface area contributed by atoms with E-state index < -0.39 is 0 Å². The van der Waals surface area contributed by atoms with Crippen LogP contribution in [-0.2, 0) is 14.3 Å². The van der Waals surface area contributed by atoms with Gasteiger partial charge in [0.1, 0.15) is 0 Å². The molecule has 0 amide bonds. The van der Waals surface area contributed by atoms with E-state index in [0.29, 0.717) is 70.9 Å². The van der Waals surface area contributed by atoms with Crippen LogP contribution in [0.2, 0.25) is 0 Å². The third-order valence-corrected chi connectivity index (χ3v) is 18.7. The van der Waals surface area contributed by atoms with Crippen molar-refractivity contribution in [2.75, 3.05) is 34.4 Å². The second kappa shape index (κ2) is 103. The molecule has 736 valence electrons. The molecule has 127 heavy (non-hydrogen) atoms. The Labute approximate surface area is 798 Å². The van der Waals surface area contributed by atoms with Crippen molar-refractivity contribution in [1.82, 2.24) is 4.90 Å². The first-order valence-electron chi connectivity index (χ1n) is 49.0. The molecule has 0 aromatic heterocycles. The topological polar surface area (TPSA) is 161 Å². The summed E-state index contributed by atoms with van der Waals surface area (Å²) in [6, 6.07) is 10.5. The van der Waals surface area contributed by atoms with Crippen LogP contribution in [0.25, 0.3) is 0 Å². The number of ether oxygens (including phenoxy) is 2. The van der Waals surface area contributed by atoms with Gasteiger partial charge in [-0.05, 0) is 254 Å². The predicted octanol–water partition coefficient (Wildman–Crippen LogP) is 36.9. The van der Waals surface area contributed by atoms with Crippen molar-refractivity contribution in [2.45, 2.75) is 402 Å². The molecule has 5 aliphatic rings. The number of allylic oxidation sites excluding steroid dienone is 21. The van der Waals surface area contributed by atoms with Gasteiger partial charge in [-0.25, -0.2) is 4.79 Å². The van der Waals surface area contributed by atoms with Crippen molar-refractivity contribution in [3.63, 3.8) is 0 Å². The fourth-order valence-corrected chi connectivity index (χ4v) is 8.17. The molecule has 0 N–H and O–H groups in total. The molecule has 1 aliphatic heterocycles. The summed E-state index contributed by atoms with van der Waals surface area (Å²) >= 11 is 0. The number of nitrogens with zero attached hydrogens (tertiary/aromatic N) is 6. The molecule has 1 heterocycles. The molecule has 9 heteroatoms. The lowest BCUT2D eigenvalue weighted by Gasteiger charge is -2.17. The minimum Gasteiger partial charge on any atom is -0.466 e. The van der Waals surface area contributed by atoms with Crippen LogP contribution in [0.1, 0.15) is 396 Å². The van der Waals surface area contributed by atoms with Crippen LogP contribution in [0.3, 0.4) is 0 Å². The predicted molar refractivity (Wildman–Crippen MR) is 575 cm³/mol. The average Bonchev–Trinajstić information content (AvgIpc) is 1.79. The molecule has 1 saturated carbocycles. The number of methoxy groups -OCH3 is 1. The van der Waals surface area contributed by atoms with Crippen molar-refractivity contribution in [3.8, 4) is 42.7 Å². The Morgan fingerprint density at radius 3 is 1.02 bits per heavy atom. The first-order chi connectivity index (χ1) is 58.5. The molecule has 0 aromatic rings. The highest BCUT2D eigenvalue weighted by molar-refractivity contribution is 5.81. The third-order valence-electron chi connectivity index (χ3n) is 18.7. The smallest absolute Gasteiger partial charge is 0.330 e. The highest BCUT2D eigenvalue weighted by Gasteiger charge is 2.25. The Morgan fingerprint density at radius 1 is 0.528 bits per heavy atom. The first-order valence-corrected chi connectivity index (χ1v) is 49.0. The Kier molecular flexibility index (Phi) is 120. The van der Waals surface area contributed by atoms with Crippen LogP contribution in [-0.4, -0.2) is 51.3 Å². The molecule has 0 spiro atoms. The van der Waals surface area contributed by atoms with Gasteiger partial charge < -0.3 is 14.4 Å². The van der Waals surface area contributed by atoms with Gasteiger partial charge in [0, 0.05) is 46.7 Å². The summed E-state index contributed by atoms with van der Waals surface area (Å²) in [5, 5.41) is 41.6. The number of nitriles is 5. The van der Waals surface area contributed by atoms with Gasteiger partial charge in [-0.15, -0.1) is 18.9 Å². The Morgan fingerprint density at radius 2 is 0.906 bits per heavy atom. The summed E-state index contributed by atoms with van der Waals surface area (Å²) in [6.45, 7) is 110. The number of carbonyl (C=O) groups is 1. The van der Waals surface area contributed by atoms with Gasteiger partial charge in [0.2, 0.25) is 0 Å². The molecular formula is C118H216N6O3. The number of epoxide rings is 1. The summed E-state index contributed by atoms with van der Waals surface area (Å²) in [4.78, 5) is 12.6. The van der Waals surface area contributed by atoms with Crippen LogP contribution >= 0.6 is 0 Å². The molecule has 1 atom stereocenters. The largest absolute Gasteiger partial charge is 0.466 e. The number of hydrogen-bond acceptors (Lipinski definition) is 9. The molecule has 0 radical (unpaired) electrons. The number of likely N-dealkylation sites (N-methyl/N-ethyl adjacent to an activating group) is 1. The van der Waals surface area contributed by atoms with E-state index in [2.05, 4.69) is 323 Å². The molecule has 4 aliphatic carbocycles. The standard InChI is InChI=1S/C9H13N.C9H16.C8H17N.C8H13N.C8H14.C7H11N.C7H12O2.C7H12.C7H14.C6H9N.C6H14.2C6H12.C5H10O.C5H12.C5H10.C5H8.C4H7N/c1-7(2)9(6-10)5-8-3-4-8;1-8(2)9-6-4-3-5-7-9;1-8(2)6-5-7-9(3)4;1-6(2)8(5-9)7(3)4;1-7(2)8-5-3-4-6-8;1-4-7(5-8)6(2)3;1-6(2)4-5-7(8)9-3;1-6(2)7-4-3-5-7;1-6(2)5-7(3)4;1-5(2)6(3)4-7;2*1-5(2)6(3)4;1-4-5-6(2)3;1-4(2)5-3-6-5;3*1-4-5(2)3;1-4(2)3-5/h5,7-8H,3-4H2,1-2H3;6,8H,3-5,7H2,1-2H3;5-6,8H,7H2,1-4H3;6H,1-4H3;5,7H,3-4,6H2,1-2H3;4,6H,1-3H3;4-6H,1-3H3;4,6H,3,5H2,1-2H3;5-6H,1-4H3;5H,3H2,1-2H3;5-6H,1-4H3;6H,1H2,2-4H3;4-6H,1-3H3;4-5H,3H2,1-2H3;5H,4H2,1-3H3;4-5H,1H2,2-3H3;1,5H,2-3H3;4H,1-2H3/b9-5+;;6-5+;;;7-4+;5-4+;;;;;;5-4+;;;;;. The van der Waals surface area contributed by atoms with Gasteiger partial charge in [-0.1, -0.05) is 382 Å². The maximum Gasteiger partial charge on any atom is 0.330 e. The van der Waals surface area contributed by atoms with Crippen molar-refractivity contribution in [2.24, 2.45) is 118 Å². The number of esters is 1. The summed E-state index contributed by atoms with van der Waals surface area (Å²) in [6.07, 6.45) is 48.9. The van der Waals surface area contributed by atoms with E-state index in [0.717, 1.165) is 88.7 Å². The molecule has 0 aromatic carbocycles. The summed E-state index contributed by atoms with van der Waals surface area (Å²) in [7, 11) is 5.52. The minimum absolute atomic E-state index is 0.190. The summed E-state index contributed by atoms with van der Waals surface area (Å²) in [5.74, 6) is 14.6. The molecule has 9 nitrogen and oxygen atoms in total. The van der Waals surface area contributed by atoms with E-state index in [1.54, 1.807) is 22.8 Å². The molecule has 1 unspecified atom stereocenters. The van der Waals surface area contributed by atoms with E-state index in [4.69, 9.17) is 37.5 Å². The lowest BCUT2D eigenvalue weighted by Crippen LogP contribution is -2.10. The van der Waals surface area contributed by atoms with E-state index in [1.165, 1.54) is 101 Å². The zero-order valence-electron chi connectivity index (χ0n) is 93.6. The van der Waals surface area contributed by atoms with Crippen LogP contribution in [0, 0.1) is 187 Å². The normalized spacial score (nSPS) is 13.5. The summed E-state index contributed by atoms with van der Waals surface area (Å²) in [5.41, 5.74) is 12.2. The van der Waals surface area contributed by atoms with Crippen molar-refractivity contribution < 1.29 is 14.3 Å². The number of hydrogen-bond donors (Lipinski definition) is 0. The lowest BCUT2D eigenvalue weighted by molar-refractivity contribution is -0.134. The maximum absolute atomic E-state index is 10.4. The molecular weight excluding hydrogens is 1550 g/mol. The van der Waals surface area contributed by atoms with Gasteiger partial charge in [-0.2, -0.15) is 26.3 Å². The van der Waals surface area contributed by atoms with Gasteiger partial charge in [0.15, 0.2) is 0 Å². The van der Waals surface area contributed by atoms with Gasteiger partial charge in [-0.3, -0.25) is 0 Å². The van der Waals surface area contributed by atoms with Crippen LogP contribution < -0.4 is 0 Å². The Bertz CT molecular complexity index is 3130. The van der Waals surface area contributed by atoms with Crippen molar-refractivity contribution in [1.29, 1.82) is 26.3 Å². The second-order valence-electron chi connectivity index (χ2n) is 40.0. The molecule has 5 rings (SSSR count). The van der Waals surface area contributed by atoms with Crippen LogP contribution in [0.15, 0.2) is 154 Å². The molecule has 2 fully saturated rings. The SMILES string of the molecule is C#CC(C)C.C/C=C(\C#N)C(C)C.C/C=C/C(C)C.C=C(C#N)C(C)C.C=C(C)C(C)C.C=CC(C)C.CC(C)/C(C#N)=C/C1CC1.CC(C)/C=C/CN(C)C.CC(C)=C(C#N)C(C)C.CC(C)=CC(C)C.CC(C)C#N.CC(C)C(C)C.CC(C)C1=CCC1.CC(C)C1=CCCC1.CC(C)C1=CCCCC1.CC(C)C1CO1.CCC(C)C.COC(=O)/C=C/C(C)C.